The van der Waals surface area contributed by atoms with Crippen molar-refractivity contribution >= 4 is 0 Å². The van der Waals surface area contributed by atoms with Crippen LogP contribution in [-0.2, 0) is 5.54 Å². The highest BCUT2D eigenvalue weighted by atomic mass is 16.5. The lowest BCUT2D eigenvalue weighted by Gasteiger charge is -2.30. The Labute approximate surface area is 104 Å². The predicted molar refractivity (Wildman–Crippen MR) is 71.3 cm³/mol. The third-order valence-corrected chi connectivity index (χ3v) is 3.89. The average Bonchev–Trinajstić information content (AvgIpc) is 2.55. The zero-order valence-corrected chi connectivity index (χ0v) is 11.0. The summed E-state index contributed by atoms with van der Waals surface area (Å²) in [6, 6.07) is 6.33. The molecule has 0 bridgehead atoms. The lowest BCUT2D eigenvalue weighted by Crippen LogP contribution is -2.36. The van der Waals surface area contributed by atoms with E-state index in [1.54, 1.807) is 7.11 Å². The second-order valence-corrected chi connectivity index (χ2v) is 5.27. The molecule has 1 aromatic rings. The van der Waals surface area contributed by atoms with Crippen LogP contribution in [-0.4, -0.2) is 7.11 Å². The van der Waals surface area contributed by atoms with Crippen molar-refractivity contribution in [2.24, 2.45) is 5.73 Å². The quantitative estimate of drug-likeness (QED) is 0.793. The number of methoxy groups -OCH3 is 1. The van der Waals surface area contributed by atoms with Gasteiger partial charge in [0.05, 0.1) is 7.11 Å². The van der Waals surface area contributed by atoms with Crippen LogP contribution in [0.4, 0.5) is 0 Å². The molecular weight excluding hydrogens is 210 g/mol. The van der Waals surface area contributed by atoms with Gasteiger partial charge in [0, 0.05) is 11.1 Å². The fraction of sp³-hybridized carbons (Fsp3) is 0.600. The molecule has 0 atom stereocenters. The first-order valence-electron chi connectivity index (χ1n) is 6.60. The van der Waals surface area contributed by atoms with Gasteiger partial charge in [-0.15, -0.1) is 0 Å². The van der Waals surface area contributed by atoms with Crippen molar-refractivity contribution in [2.45, 2.75) is 51.0 Å². The molecular formula is C15H23NO. The largest absolute Gasteiger partial charge is 0.496 e. The summed E-state index contributed by atoms with van der Waals surface area (Å²) in [4.78, 5) is 0. The minimum atomic E-state index is -0.187. The molecule has 0 heterocycles. The lowest BCUT2D eigenvalue weighted by molar-refractivity contribution is 0.348. The number of hydrogen-bond donors (Lipinski definition) is 1. The van der Waals surface area contributed by atoms with Crippen molar-refractivity contribution in [3.05, 3.63) is 29.3 Å². The molecule has 2 rings (SSSR count). The third-order valence-electron chi connectivity index (χ3n) is 3.89. The maximum atomic E-state index is 6.65. The number of benzene rings is 1. The first-order chi connectivity index (χ1) is 8.15. The molecule has 1 fully saturated rings. The molecule has 0 spiro atoms. The van der Waals surface area contributed by atoms with Crippen molar-refractivity contribution in [1.29, 1.82) is 0 Å². The van der Waals surface area contributed by atoms with E-state index < -0.39 is 0 Å². The van der Waals surface area contributed by atoms with Crippen LogP contribution in [0.2, 0.25) is 0 Å². The molecule has 2 N–H and O–H groups in total. The van der Waals surface area contributed by atoms with Crippen LogP contribution in [0.25, 0.3) is 0 Å². The number of aryl methyl sites for hydroxylation is 1. The fourth-order valence-corrected chi connectivity index (χ4v) is 2.84. The fourth-order valence-electron chi connectivity index (χ4n) is 2.84. The smallest absolute Gasteiger partial charge is 0.123 e. The van der Waals surface area contributed by atoms with Crippen molar-refractivity contribution < 1.29 is 4.74 Å². The Hall–Kier alpha value is -1.02. The van der Waals surface area contributed by atoms with Gasteiger partial charge in [-0.05, 0) is 25.8 Å². The molecule has 0 amide bonds. The third kappa shape index (κ3) is 2.63. The van der Waals surface area contributed by atoms with E-state index in [9.17, 15) is 0 Å². The van der Waals surface area contributed by atoms with Crippen molar-refractivity contribution in [2.75, 3.05) is 7.11 Å². The van der Waals surface area contributed by atoms with E-state index >= 15 is 0 Å². The van der Waals surface area contributed by atoms with E-state index in [1.807, 2.05) is 6.07 Å². The molecule has 17 heavy (non-hydrogen) atoms. The van der Waals surface area contributed by atoms with Crippen LogP contribution in [0.1, 0.15) is 49.7 Å². The van der Waals surface area contributed by atoms with Crippen LogP contribution >= 0.6 is 0 Å². The van der Waals surface area contributed by atoms with Gasteiger partial charge in [0.2, 0.25) is 0 Å². The van der Waals surface area contributed by atoms with E-state index in [0.29, 0.717) is 0 Å². The predicted octanol–water partition coefficient (Wildman–Crippen LogP) is 3.51. The topological polar surface area (TPSA) is 35.2 Å². The highest BCUT2D eigenvalue weighted by molar-refractivity contribution is 5.41. The van der Waals surface area contributed by atoms with Crippen LogP contribution in [0, 0.1) is 6.92 Å². The Kier molecular flexibility index (Phi) is 3.72. The first kappa shape index (κ1) is 12.4. The van der Waals surface area contributed by atoms with Crippen molar-refractivity contribution in [3.63, 3.8) is 0 Å². The van der Waals surface area contributed by atoms with E-state index in [1.165, 1.54) is 36.8 Å². The number of nitrogens with two attached hydrogens (primary N) is 1. The summed E-state index contributed by atoms with van der Waals surface area (Å²) in [6.07, 6.45) is 7.24. The summed E-state index contributed by atoms with van der Waals surface area (Å²) in [5.41, 5.74) is 8.91. The second kappa shape index (κ2) is 5.09. The van der Waals surface area contributed by atoms with Crippen LogP contribution in [0.15, 0.2) is 18.2 Å². The standard InChI is InChI=1S/C15H23NO/c1-12-7-8-14(17-2)13(11-12)15(16)9-5-3-4-6-10-15/h7-8,11H,3-6,9-10,16H2,1-2H3. The summed E-state index contributed by atoms with van der Waals surface area (Å²) in [6.45, 7) is 2.11. The molecule has 94 valence electrons. The normalized spacial score (nSPS) is 19.7. The summed E-state index contributed by atoms with van der Waals surface area (Å²) >= 11 is 0. The van der Waals surface area contributed by atoms with E-state index in [-0.39, 0.29) is 5.54 Å². The minimum absolute atomic E-state index is 0.187. The van der Waals surface area contributed by atoms with Crippen LogP contribution < -0.4 is 10.5 Å². The molecule has 1 aliphatic rings. The monoisotopic (exact) mass is 233 g/mol. The van der Waals surface area contributed by atoms with Gasteiger partial charge < -0.3 is 10.5 Å². The molecule has 0 saturated heterocycles. The Bertz CT molecular complexity index is 379. The Morgan fingerprint density at radius 3 is 2.35 bits per heavy atom. The van der Waals surface area contributed by atoms with Gasteiger partial charge in [0.15, 0.2) is 0 Å². The molecule has 0 unspecified atom stereocenters. The SMILES string of the molecule is COc1ccc(C)cc1C1(N)CCCCCC1. The lowest BCUT2D eigenvalue weighted by atomic mass is 9.82. The first-order valence-corrected chi connectivity index (χ1v) is 6.60. The highest BCUT2D eigenvalue weighted by Crippen LogP contribution is 2.38. The number of ether oxygens (including phenoxy) is 1. The molecule has 0 radical (unpaired) electrons. The van der Waals surface area contributed by atoms with Gasteiger partial charge in [-0.25, -0.2) is 0 Å². The van der Waals surface area contributed by atoms with Gasteiger partial charge in [-0.2, -0.15) is 0 Å². The zero-order chi connectivity index (χ0) is 12.3. The molecule has 0 aromatic heterocycles. The Balaban J connectivity index is 2.38. The molecule has 2 nitrogen and oxygen atoms in total. The summed E-state index contributed by atoms with van der Waals surface area (Å²) in [5, 5.41) is 0. The van der Waals surface area contributed by atoms with E-state index in [2.05, 4.69) is 19.1 Å². The summed E-state index contributed by atoms with van der Waals surface area (Å²) in [5.74, 6) is 0.944. The van der Waals surface area contributed by atoms with E-state index in [4.69, 9.17) is 10.5 Å². The Morgan fingerprint density at radius 1 is 1.12 bits per heavy atom. The van der Waals surface area contributed by atoms with Crippen molar-refractivity contribution in [3.8, 4) is 5.75 Å². The number of hydrogen-bond acceptors (Lipinski definition) is 2. The average molecular weight is 233 g/mol. The molecule has 1 aliphatic carbocycles. The van der Waals surface area contributed by atoms with Gasteiger partial charge in [0.1, 0.15) is 5.75 Å². The van der Waals surface area contributed by atoms with Crippen LogP contribution in [0.3, 0.4) is 0 Å². The second-order valence-electron chi connectivity index (χ2n) is 5.27. The molecule has 1 saturated carbocycles. The molecule has 1 aromatic carbocycles. The maximum absolute atomic E-state index is 6.65. The zero-order valence-electron chi connectivity index (χ0n) is 11.0. The highest BCUT2D eigenvalue weighted by Gasteiger charge is 2.31. The van der Waals surface area contributed by atoms with Gasteiger partial charge in [-0.3, -0.25) is 0 Å². The van der Waals surface area contributed by atoms with Gasteiger partial charge in [-0.1, -0.05) is 43.4 Å². The van der Waals surface area contributed by atoms with Crippen LogP contribution in [0.5, 0.6) is 5.75 Å². The van der Waals surface area contributed by atoms with Gasteiger partial charge >= 0.3 is 0 Å². The minimum Gasteiger partial charge on any atom is -0.496 e. The maximum Gasteiger partial charge on any atom is 0.123 e. The molecule has 0 aliphatic heterocycles. The molecule has 2 heteroatoms. The Morgan fingerprint density at radius 2 is 1.76 bits per heavy atom. The summed E-state index contributed by atoms with van der Waals surface area (Å²) < 4.78 is 5.48. The summed E-state index contributed by atoms with van der Waals surface area (Å²) in [7, 11) is 1.73. The van der Waals surface area contributed by atoms with E-state index in [0.717, 1.165) is 18.6 Å². The van der Waals surface area contributed by atoms with Crippen molar-refractivity contribution in [1.82, 2.24) is 0 Å². The van der Waals surface area contributed by atoms with Gasteiger partial charge in [0.25, 0.3) is 0 Å². The number of rotatable bonds is 2.